The van der Waals surface area contributed by atoms with Crippen LogP contribution in [-0.2, 0) is 10.0 Å². The molecule has 88 valence electrons. The molecule has 0 atom stereocenters. The fourth-order valence-electron chi connectivity index (χ4n) is 1.68. The van der Waals surface area contributed by atoms with Crippen molar-refractivity contribution in [1.82, 2.24) is 4.72 Å². The molecule has 0 saturated carbocycles. The lowest BCUT2D eigenvalue weighted by molar-refractivity contribution is 0.519. The van der Waals surface area contributed by atoms with E-state index in [1.165, 1.54) is 7.05 Å². The van der Waals surface area contributed by atoms with Crippen molar-refractivity contribution in [1.29, 1.82) is 0 Å². The predicted octanol–water partition coefficient (Wildman–Crippen LogP) is -0.258. The maximum absolute atomic E-state index is 11.5. The van der Waals surface area contributed by atoms with Crippen molar-refractivity contribution >= 4 is 15.7 Å². The number of rotatable bonds is 3. The second-order valence-corrected chi connectivity index (χ2v) is 5.75. The number of benzene rings is 1. The molecular formula is C10H15N3O2S. The molecule has 3 N–H and O–H groups in total. The molecule has 1 saturated heterocycles. The van der Waals surface area contributed by atoms with Crippen LogP contribution in [0.4, 0.5) is 5.69 Å². The quantitative estimate of drug-likeness (QED) is 0.764. The molecule has 1 aliphatic heterocycles. The van der Waals surface area contributed by atoms with E-state index in [9.17, 15) is 8.42 Å². The molecule has 1 fully saturated rings. The van der Waals surface area contributed by atoms with E-state index in [-0.39, 0.29) is 10.9 Å². The third kappa shape index (κ3) is 2.04. The van der Waals surface area contributed by atoms with Crippen LogP contribution in [0.3, 0.4) is 0 Å². The van der Waals surface area contributed by atoms with Crippen LogP contribution in [0.1, 0.15) is 0 Å². The van der Waals surface area contributed by atoms with Gasteiger partial charge < -0.3 is 10.6 Å². The predicted molar refractivity (Wildman–Crippen MR) is 62.9 cm³/mol. The van der Waals surface area contributed by atoms with Gasteiger partial charge in [-0.3, -0.25) is 0 Å². The monoisotopic (exact) mass is 241 g/mol. The Bertz CT molecular complexity index is 463. The Labute approximate surface area is 95.3 Å². The van der Waals surface area contributed by atoms with Gasteiger partial charge in [-0.2, -0.15) is 0 Å². The molecule has 0 spiro atoms. The molecule has 0 amide bonds. The summed E-state index contributed by atoms with van der Waals surface area (Å²) < 4.78 is 25.2. The van der Waals surface area contributed by atoms with Crippen molar-refractivity contribution in [2.75, 3.05) is 25.0 Å². The van der Waals surface area contributed by atoms with Gasteiger partial charge in [-0.15, -0.1) is 0 Å². The van der Waals surface area contributed by atoms with Crippen molar-refractivity contribution in [3.05, 3.63) is 24.3 Å². The second-order valence-electron chi connectivity index (χ2n) is 3.87. The number of sulfonamides is 1. The average Bonchev–Trinajstić information content (AvgIpc) is 2.25. The Morgan fingerprint density at radius 2 is 1.88 bits per heavy atom. The van der Waals surface area contributed by atoms with Crippen molar-refractivity contribution in [2.45, 2.75) is 10.9 Å². The number of hydrogen-bond acceptors (Lipinski definition) is 4. The fourth-order valence-corrected chi connectivity index (χ4v) is 2.41. The first kappa shape index (κ1) is 11.4. The van der Waals surface area contributed by atoms with Crippen LogP contribution in [0.5, 0.6) is 0 Å². The summed E-state index contributed by atoms with van der Waals surface area (Å²) in [6, 6.07) is 7.04. The molecule has 1 heterocycles. The lowest BCUT2D eigenvalue weighted by Crippen LogP contribution is -2.55. The minimum Gasteiger partial charge on any atom is -0.368 e. The zero-order valence-electron chi connectivity index (χ0n) is 9.05. The SMILES string of the molecule is CNS(=O)(=O)c1ccc(N2CC(N)C2)cc1. The molecule has 6 heteroatoms. The summed E-state index contributed by atoms with van der Waals surface area (Å²) in [6.45, 7) is 1.66. The molecule has 1 aliphatic rings. The van der Waals surface area contributed by atoms with Crippen molar-refractivity contribution < 1.29 is 8.42 Å². The van der Waals surface area contributed by atoms with E-state index in [2.05, 4.69) is 9.62 Å². The lowest BCUT2D eigenvalue weighted by atomic mass is 10.1. The summed E-state index contributed by atoms with van der Waals surface area (Å²) in [6.07, 6.45) is 0. The highest BCUT2D eigenvalue weighted by atomic mass is 32.2. The molecule has 0 radical (unpaired) electrons. The molecule has 1 aromatic rings. The Morgan fingerprint density at radius 3 is 2.31 bits per heavy atom. The lowest BCUT2D eigenvalue weighted by Gasteiger charge is -2.38. The van der Waals surface area contributed by atoms with E-state index < -0.39 is 10.0 Å². The first-order valence-corrected chi connectivity index (χ1v) is 6.55. The minimum absolute atomic E-state index is 0.237. The van der Waals surface area contributed by atoms with Crippen molar-refractivity contribution in [3.63, 3.8) is 0 Å². The summed E-state index contributed by atoms with van der Waals surface area (Å²) in [5.74, 6) is 0. The summed E-state index contributed by atoms with van der Waals surface area (Å²) in [4.78, 5) is 2.39. The van der Waals surface area contributed by atoms with Gasteiger partial charge in [0, 0.05) is 24.8 Å². The molecule has 1 aromatic carbocycles. The summed E-state index contributed by atoms with van der Waals surface area (Å²) in [7, 11) is -1.93. The molecule has 0 aromatic heterocycles. The number of nitrogens with two attached hydrogens (primary N) is 1. The Kier molecular flexibility index (Phi) is 2.88. The van der Waals surface area contributed by atoms with E-state index in [4.69, 9.17) is 5.73 Å². The van der Waals surface area contributed by atoms with E-state index in [1.54, 1.807) is 24.3 Å². The minimum atomic E-state index is -3.33. The standard InChI is InChI=1S/C10H15N3O2S/c1-12-16(14,15)10-4-2-9(3-5-10)13-6-8(11)7-13/h2-5,8,12H,6-7,11H2,1H3. The normalized spacial score (nSPS) is 17.2. The maximum atomic E-state index is 11.5. The Balaban J connectivity index is 2.17. The smallest absolute Gasteiger partial charge is 0.240 e. The third-order valence-electron chi connectivity index (χ3n) is 2.69. The zero-order valence-corrected chi connectivity index (χ0v) is 9.87. The van der Waals surface area contributed by atoms with Crippen LogP contribution in [0.2, 0.25) is 0 Å². The van der Waals surface area contributed by atoms with Crippen LogP contribution in [-0.4, -0.2) is 34.6 Å². The van der Waals surface area contributed by atoms with E-state index >= 15 is 0 Å². The number of hydrogen-bond donors (Lipinski definition) is 2. The Hall–Kier alpha value is -1.11. The first-order valence-electron chi connectivity index (χ1n) is 5.07. The molecule has 0 unspecified atom stereocenters. The highest BCUT2D eigenvalue weighted by Gasteiger charge is 2.23. The van der Waals surface area contributed by atoms with E-state index in [1.807, 2.05) is 0 Å². The van der Waals surface area contributed by atoms with Crippen LogP contribution >= 0.6 is 0 Å². The molecule has 2 rings (SSSR count). The van der Waals surface area contributed by atoms with Crippen molar-refractivity contribution in [2.24, 2.45) is 5.73 Å². The van der Waals surface area contributed by atoms with Crippen LogP contribution in [0.15, 0.2) is 29.2 Å². The van der Waals surface area contributed by atoms with Gasteiger partial charge in [0.15, 0.2) is 0 Å². The van der Waals surface area contributed by atoms with Crippen LogP contribution in [0, 0.1) is 0 Å². The van der Waals surface area contributed by atoms with Gasteiger partial charge in [-0.05, 0) is 31.3 Å². The highest BCUT2D eigenvalue weighted by Crippen LogP contribution is 2.21. The second kappa shape index (κ2) is 4.04. The largest absolute Gasteiger partial charge is 0.368 e. The first-order chi connectivity index (χ1) is 7.53. The molecule has 5 nitrogen and oxygen atoms in total. The van der Waals surface area contributed by atoms with E-state index in [0.29, 0.717) is 0 Å². The third-order valence-corrected chi connectivity index (χ3v) is 4.12. The average molecular weight is 241 g/mol. The molecular weight excluding hydrogens is 226 g/mol. The van der Waals surface area contributed by atoms with Gasteiger partial charge in [-0.25, -0.2) is 13.1 Å². The fraction of sp³-hybridized carbons (Fsp3) is 0.400. The van der Waals surface area contributed by atoms with Crippen molar-refractivity contribution in [3.8, 4) is 0 Å². The van der Waals surface area contributed by atoms with Gasteiger partial charge in [0.1, 0.15) is 0 Å². The number of nitrogens with zero attached hydrogens (tertiary/aromatic N) is 1. The summed E-state index contributed by atoms with van der Waals surface area (Å²) in [5, 5.41) is 0. The molecule has 16 heavy (non-hydrogen) atoms. The summed E-state index contributed by atoms with van der Waals surface area (Å²) in [5.41, 5.74) is 6.69. The van der Waals surface area contributed by atoms with Gasteiger partial charge in [0.2, 0.25) is 10.0 Å². The topological polar surface area (TPSA) is 75.4 Å². The van der Waals surface area contributed by atoms with E-state index in [0.717, 1.165) is 18.8 Å². The summed E-state index contributed by atoms with van der Waals surface area (Å²) >= 11 is 0. The molecule has 0 bridgehead atoms. The highest BCUT2D eigenvalue weighted by molar-refractivity contribution is 7.89. The van der Waals surface area contributed by atoms with Gasteiger partial charge >= 0.3 is 0 Å². The van der Waals surface area contributed by atoms with Gasteiger partial charge in [-0.1, -0.05) is 0 Å². The number of anilines is 1. The molecule has 0 aliphatic carbocycles. The number of nitrogens with one attached hydrogen (secondary N) is 1. The zero-order chi connectivity index (χ0) is 11.8. The Morgan fingerprint density at radius 1 is 1.31 bits per heavy atom. The maximum Gasteiger partial charge on any atom is 0.240 e. The van der Waals surface area contributed by atoms with Crippen LogP contribution in [0.25, 0.3) is 0 Å². The van der Waals surface area contributed by atoms with Crippen LogP contribution < -0.4 is 15.4 Å². The van der Waals surface area contributed by atoms with Gasteiger partial charge in [0.25, 0.3) is 0 Å². The van der Waals surface area contributed by atoms with Gasteiger partial charge in [0.05, 0.1) is 4.90 Å².